The second kappa shape index (κ2) is 6.49. The molecule has 0 fully saturated rings. The van der Waals surface area contributed by atoms with Crippen LogP contribution in [0.25, 0.3) is 0 Å². The Hall–Kier alpha value is -2.22. The first-order chi connectivity index (χ1) is 10.7. The van der Waals surface area contributed by atoms with Crippen LogP contribution in [0, 0.1) is 0 Å². The van der Waals surface area contributed by atoms with Crippen LogP contribution in [0.2, 0.25) is 5.02 Å². The molecule has 0 aliphatic carbocycles. The number of aromatic nitrogens is 1. The van der Waals surface area contributed by atoms with Gasteiger partial charge in [-0.25, -0.2) is 0 Å². The van der Waals surface area contributed by atoms with E-state index in [4.69, 9.17) is 16.0 Å². The van der Waals surface area contributed by atoms with Crippen LogP contribution in [-0.2, 0) is 17.5 Å². The second-order valence-electron chi connectivity index (χ2n) is 4.81. The molecule has 0 radical (unpaired) electrons. The SMILES string of the molecule is C[C@H](NC(=O)Cn1cc(C(F)(F)F)cc(Cl)c1=O)c1ccco1. The number of halogens is 4. The highest BCUT2D eigenvalue weighted by Gasteiger charge is 2.32. The van der Waals surface area contributed by atoms with Gasteiger partial charge in [0.2, 0.25) is 5.91 Å². The van der Waals surface area contributed by atoms with Crippen LogP contribution in [0.1, 0.15) is 24.3 Å². The molecule has 0 saturated heterocycles. The Labute approximate surface area is 133 Å². The summed E-state index contributed by atoms with van der Waals surface area (Å²) in [4.78, 5) is 23.7. The number of nitrogens with zero attached hydrogens (tertiary/aromatic N) is 1. The van der Waals surface area contributed by atoms with Crippen LogP contribution in [0.5, 0.6) is 0 Å². The molecular formula is C14H12ClF3N2O3. The van der Waals surface area contributed by atoms with Crippen molar-refractivity contribution in [2.45, 2.75) is 25.7 Å². The predicted octanol–water partition coefficient (Wildman–Crippen LogP) is 2.99. The van der Waals surface area contributed by atoms with Gasteiger partial charge in [-0.1, -0.05) is 11.6 Å². The number of rotatable bonds is 4. The molecule has 2 aromatic rings. The molecule has 2 heterocycles. The molecule has 0 bridgehead atoms. The quantitative estimate of drug-likeness (QED) is 0.923. The molecule has 0 unspecified atom stereocenters. The van der Waals surface area contributed by atoms with Gasteiger partial charge in [0.25, 0.3) is 5.56 Å². The zero-order valence-electron chi connectivity index (χ0n) is 11.9. The van der Waals surface area contributed by atoms with Crippen molar-refractivity contribution < 1.29 is 22.4 Å². The van der Waals surface area contributed by atoms with Gasteiger partial charge in [0, 0.05) is 6.20 Å². The third-order valence-electron chi connectivity index (χ3n) is 3.03. The standard InChI is InChI=1S/C14H12ClF3N2O3/c1-8(11-3-2-4-23-11)19-12(21)7-20-6-9(14(16,17)18)5-10(15)13(20)22/h2-6,8H,7H2,1H3,(H,19,21)/t8-/m0/s1. The Balaban J connectivity index is 2.17. The summed E-state index contributed by atoms with van der Waals surface area (Å²) in [6.07, 6.45) is -2.68. The second-order valence-corrected chi connectivity index (χ2v) is 5.22. The fourth-order valence-electron chi connectivity index (χ4n) is 1.92. The van der Waals surface area contributed by atoms with Crippen molar-refractivity contribution in [3.63, 3.8) is 0 Å². The summed E-state index contributed by atoms with van der Waals surface area (Å²) in [5, 5.41) is 1.91. The predicted molar refractivity (Wildman–Crippen MR) is 76.0 cm³/mol. The molecule has 0 saturated carbocycles. The van der Waals surface area contributed by atoms with Gasteiger partial charge < -0.3 is 14.3 Å². The van der Waals surface area contributed by atoms with Crippen LogP contribution >= 0.6 is 11.6 Å². The smallest absolute Gasteiger partial charge is 0.417 e. The summed E-state index contributed by atoms with van der Waals surface area (Å²) in [6.45, 7) is 1.05. The minimum Gasteiger partial charge on any atom is -0.467 e. The number of nitrogens with one attached hydrogen (secondary N) is 1. The van der Waals surface area contributed by atoms with E-state index in [2.05, 4.69) is 5.32 Å². The fourth-order valence-corrected chi connectivity index (χ4v) is 2.15. The molecular weight excluding hydrogens is 337 g/mol. The monoisotopic (exact) mass is 348 g/mol. The zero-order valence-corrected chi connectivity index (χ0v) is 12.6. The maximum absolute atomic E-state index is 12.7. The Morgan fingerprint density at radius 2 is 2.17 bits per heavy atom. The first-order valence-electron chi connectivity index (χ1n) is 6.48. The van der Waals surface area contributed by atoms with Gasteiger partial charge in [0.05, 0.1) is 17.9 Å². The van der Waals surface area contributed by atoms with Crippen LogP contribution < -0.4 is 10.9 Å². The minimum absolute atomic E-state index is 0.479. The van der Waals surface area contributed by atoms with Gasteiger partial charge in [0.1, 0.15) is 17.3 Å². The summed E-state index contributed by atoms with van der Waals surface area (Å²) in [5.41, 5.74) is -1.98. The van der Waals surface area contributed by atoms with E-state index in [1.807, 2.05) is 0 Å². The summed E-state index contributed by atoms with van der Waals surface area (Å²) in [6, 6.07) is 3.31. The van der Waals surface area contributed by atoms with Gasteiger partial charge in [-0.3, -0.25) is 9.59 Å². The van der Waals surface area contributed by atoms with Gasteiger partial charge in [-0.2, -0.15) is 13.2 Å². The molecule has 0 aromatic carbocycles. The lowest BCUT2D eigenvalue weighted by molar-refractivity contribution is -0.138. The molecule has 1 amide bonds. The first kappa shape index (κ1) is 17.1. The number of furan rings is 1. The topological polar surface area (TPSA) is 64.2 Å². The number of hydrogen-bond donors (Lipinski definition) is 1. The van der Waals surface area contributed by atoms with Crippen molar-refractivity contribution in [3.05, 3.63) is 57.4 Å². The van der Waals surface area contributed by atoms with Crippen LogP contribution in [0.3, 0.4) is 0 Å². The largest absolute Gasteiger partial charge is 0.467 e. The third-order valence-corrected chi connectivity index (χ3v) is 3.30. The highest BCUT2D eigenvalue weighted by molar-refractivity contribution is 6.30. The van der Waals surface area contributed by atoms with Gasteiger partial charge >= 0.3 is 6.18 Å². The molecule has 2 rings (SSSR count). The summed E-state index contributed by atoms with van der Waals surface area (Å²) in [5.74, 6) is -0.167. The Morgan fingerprint density at radius 3 is 2.74 bits per heavy atom. The van der Waals surface area contributed by atoms with E-state index in [0.717, 1.165) is 0 Å². The number of pyridine rings is 1. The van der Waals surface area contributed by atoms with Crippen molar-refractivity contribution >= 4 is 17.5 Å². The van der Waals surface area contributed by atoms with E-state index in [9.17, 15) is 22.8 Å². The highest BCUT2D eigenvalue weighted by atomic mass is 35.5. The molecule has 0 aliphatic rings. The molecule has 5 nitrogen and oxygen atoms in total. The van der Waals surface area contributed by atoms with Crippen LogP contribution in [0.4, 0.5) is 13.2 Å². The molecule has 124 valence electrons. The Morgan fingerprint density at radius 1 is 1.48 bits per heavy atom. The average Bonchev–Trinajstić information content (AvgIpc) is 2.96. The number of amides is 1. The lowest BCUT2D eigenvalue weighted by Gasteiger charge is -2.14. The number of carbonyl (C=O) groups excluding carboxylic acids is 1. The van der Waals surface area contributed by atoms with E-state index in [0.29, 0.717) is 22.6 Å². The van der Waals surface area contributed by atoms with Gasteiger partial charge in [-0.05, 0) is 25.1 Å². The van der Waals surface area contributed by atoms with Crippen molar-refractivity contribution in [2.75, 3.05) is 0 Å². The summed E-state index contributed by atoms with van der Waals surface area (Å²) < 4.78 is 43.9. The molecule has 0 spiro atoms. The summed E-state index contributed by atoms with van der Waals surface area (Å²) >= 11 is 5.52. The Bertz CT molecular complexity index is 754. The molecule has 9 heteroatoms. The molecule has 1 atom stereocenters. The third kappa shape index (κ3) is 4.16. The van der Waals surface area contributed by atoms with Crippen molar-refractivity contribution in [1.29, 1.82) is 0 Å². The van der Waals surface area contributed by atoms with E-state index >= 15 is 0 Å². The van der Waals surface area contributed by atoms with Gasteiger partial charge in [0.15, 0.2) is 0 Å². The molecule has 0 aliphatic heterocycles. The van der Waals surface area contributed by atoms with Crippen molar-refractivity contribution in [2.24, 2.45) is 0 Å². The molecule has 1 N–H and O–H groups in total. The van der Waals surface area contributed by atoms with E-state index < -0.39 is 40.8 Å². The fraction of sp³-hybridized carbons (Fsp3) is 0.286. The number of hydrogen-bond acceptors (Lipinski definition) is 3. The zero-order chi connectivity index (χ0) is 17.2. The van der Waals surface area contributed by atoms with E-state index in [1.54, 1.807) is 19.1 Å². The molecule has 2 aromatic heterocycles. The maximum atomic E-state index is 12.7. The first-order valence-corrected chi connectivity index (χ1v) is 6.86. The number of alkyl halides is 3. The lowest BCUT2D eigenvalue weighted by Crippen LogP contribution is -2.34. The van der Waals surface area contributed by atoms with Crippen molar-refractivity contribution in [3.8, 4) is 0 Å². The Kier molecular flexibility index (Phi) is 4.84. The average molecular weight is 349 g/mol. The van der Waals surface area contributed by atoms with E-state index in [1.165, 1.54) is 6.26 Å². The lowest BCUT2D eigenvalue weighted by atomic mass is 10.2. The van der Waals surface area contributed by atoms with Crippen LogP contribution in [0.15, 0.2) is 39.9 Å². The number of carbonyl (C=O) groups is 1. The summed E-state index contributed by atoms with van der Waals surface area (Å²) in [7, 11) is 0. The minimum atomic E-state index is -4.67. The molecule has 23 heavy (non-hydrogen) atoms. The van der Waals surface area contributed by atoms with E-state index in [-0.39, 0.29) is 0 Å². The van der Waals surface area contributed by atoms with Gasteiger partial charge in [-0.15, -0.1) is 0 Å². The van der Waals surface area contributed by atoms with Crippen molar-refractivity contribution in [1.82, 2.24) is 9.88 Å². The maximum Gasteiger partial charge on any atom is 0.417 e. The normalized spacial score (nSPS) is 12.9. The van der Waals surface area contributed by atoms with Crippen LogP contribution in [-0.4, -0.2) is 10.5 Å². The highest BCUT2D eigenvalue weighted by Crippen LogP contribution is 2.29.